The maximum Gasteiger partial charge on any atom is 0.167 e. The van der Waals surface area contributed by atoms with E-state index in [1.54, 1.807) is 0 Å². The first-order valence-corrected chi connectivity index (χ1v) is 8.61. The summed E-state index contributed by atoms with van der Waals surface area (Å²) in [7, 11) is -3.08. The monoisotopic (exact) mass is 318 g/mol. The average molecular weight is 319 g/mol. The molecule has 1 rings (SSSR count). The molecule has 96 valence electrons. The first-order chi connectivity index (χ1) is 8.08. The van der Waals surface area contributed by atoms with Gasteiger partial charge in [-0.25, -0.2) is 8.42 Å². The molecule has 1 atom stereocenters. The normalized spacial score (nSPS) is 13.5. The van der Waals surface area contributed by atoms with Crippen molar-refractivity contribution in [3.05, 3.63) is 35.9 Å². The van der Waals surface area contributed by atoms with Gasteiger partial charge in [0.2, 0.25) is 0 Å². The molecule has 0 radical (unpaired) electrons. The minimum Gasteiger partial charge on any atom is -0.227 e. The Kier molecular flexibility index (Phi) is 6.20. The van der Waals surface area contributed by atoms with Crippen LogP contribution in [0.25, 0.3) is 0 Å². The molecule has 0 bridgehead atoms. The summed E-state index contributed by atoms with van der Waals surface area (Å²) in [5, 5.41) is 0. The SMILES string of the molecule is CCCCCCS(=O)(=O)C(Br)c1ccccc1. The molecule has 0 heterocycles. The fourth-order valence-electron chi connectivity index (χ4n) is 1.65. The average Bonchev–Trinajstić information content (AvgIpc) is 2.35. The highest BCUT2D eigenvalue weighted by molar-refractivity contribution is 9.10. The molecule has 1 aromatic rings. The van der Waals surface area contributed by atoms with Crippen LogP contribution in [0.2, 0.25) is 0 Å². The van der Waals surface area contributed by atoms with Crippen molar-refractivity contribution in [2.24, 2.45) is 0 Å². The number of rotatable bonds is 7. The molecule has 0 fully saturated rings. The molecule has 1 unspecified atom stereocenters. The summed E-state index contributed by atoms with van der Waals surface area (Å²) < 4.78 is 23.5. The molecule has 0 amide bonds. The van der Waals surface area contributed by atoms with Crippen LogP contribution in [0, 0.1) is 0 Å². The Labute approximate surface area is 112 Å². The molecule has 4 heteroatoms. The zero-order valence-corrected chi connectivity index (χ0v) is 12.5. The summed E-state index contributed by atoms with van der Waals surface area (Å²) in [6, 6.07) is 9.27. The van der Waals surface area contributed by atoms with Crippen LogP contribution in [0.3, 0.4) is 0 Å². The number of benzene rings is 1. The number of hydrogen-bond donors (Lipinski definition) is 0. The van der Waals surface area contributed by atoms with Crippen LogP contribution in [-0.4, -0.2) is 14.2 Å². The van der Waals surface area contributed by atoms with Crippen LogP contribution < -0.4 is 0 Å². The van der Waals surface area contributed by atoms with Gasteiger partial charge >= 0.3 is 0 Å². The van der Waals surface area contributed by atoms with Crippen molar-refractivity contribution in [2.45, 2.75) is 36.8 Å². The van der Waals surface area contributed by atoms with E-state index in [9.17, 15) is 8.42 Å². The van der Waals surface area contributed by atoms with Crippen LogP contribution in [0.1, 0.15) is 42.3 Å². The minimum atomic E-state index is -3.08. The Morgan fingerprint density at radius 1 is 1.12 bits per heavy atom. The summed E-state index contributed by atoms with van der Waals surface area (Å²) in [6.45, 7) is 2.12. The van der Waals surface area contributed by atoms with Gasteiger partial charge in [-0.05, 0) is 12.0 Å². The smallest absolute Gasteiger partial charge is 0.167 e. The van der Waals surface area contributed by atoms with E-state index in [0.717, 1.165) is 31.2 Å². The predicted molar refractivity (Wildman–Crippen MR) is 76.0 cm³/mol. The molecule has 2 nitrogen and oxygen atoms in total. The second kappa shape index (κ2) is 7.17. The third-order valence-corrected chi connectivity index (χ3v) is 6.66. The first-order valence-electron chi connectivity index (χ1n) is 5.98. The van der Waals surface area contributed by atoms with Crippen LogP contribution in [0.5, 0.6) is 0 Å². The van der Waals surface area contributed by atoms with Crippen LogP contribution in [-0.2, 0) is 9.84 Å². The standard InChI is InChI=1S/C13H19BrO2S/c1-2-3-4-8-11-17(15,16)13(14)12-9-6-5-7-10-12/h5-7,9-10,13H,2-4,8,11H2,1H3. The zero-order valence-electron chi connectivity index (χ0n) is 10.1. The van der Waals surface area contributed by atoms with Gasteiger partial charge in [0.15, 0.2) is 9.84 Å². The van der Waals surface area contributed by atoms with Gasteiger partial charge in [-0.1, -0.05) is 72.4 Å². The van der Waals surface area contributed by atoms with Gasteiger partial charge in [0.1, 0.15) is 4.16 Å². The lowest BCUT2D eigenvalue weighted by Crippen LogP contribution is -2.12. The quantitative estimate of drug-likeness (QED) is 0.561. The minimum absolute atomic E-state index is 0.262. The molecule has 0 aliphatic heterocycles. The van der Waals surface area contributed by atoms with Crippen molar-refractivity contribution in [2.75, 3.05) is 5.75 Å². The lowest BCUT2D eigenvalue weighted by molar-refractivity contribution is 0.588. The number of sulfone groups is 1. The van der Waals surface area contributed by atoms with Crippen molar-refractivity contribution in [1.82, 2.24) is 0 Å². The van der Waals surface area contributed by atoms with Gasteiger partial charge in [-0.3, -0.25) is 0 Å². The lowest BCUT2D eigenvalue weighted by Gasteiger charge is -2.11. The second-order valence-electron chi connectivity index (χ2n) is 4.15. The number of unbranched alkanes of at least 4 members (excludes halogenated alkanes) is 3. The molecule has 0 saturated carbocycles. The second-order valence-corrected chi connectivity index (χ2v) is 7.88. The summed E-state index contributed by atoms with van der Waals surface area (Å²) in [4.78, 5) is 0. The van der Waals surface area contributed by atoms with Crippen LogP contribution in [0.4, 0.5) is 0 Å². The Morgan fingerprint density at radius 3 is 2.35 bits per heavy atom. The highest BCUT2D eigenvalue weighted by Gasteiger charge is 2.23. The van der Waals surface area contributed by atoms with Gasteiger partial charge in [0, 0.05) is 0 Å². The lowest BCUT2D eigenvalue weighted by atomic mass is 10.2. The Balaban J connectivity index is 2.58. The molecule has 17 heavy (non-hydrogen) atoms. The van der Waals surface area contributed by atoms with Crippen LogP contribution in [0.15, 0.2) is 30.3 Å². The molecular weight excluding hydrogens is 300 g/mol. The molecule has 0 aliphatic rings. The van der Waals surface area contributed by atoms with E-state index in [4.69, 9.17) is 0 Å². The van der Waals surface area contributed by atoms with E-state index in [1.807, 2.05) is 30.3 Å². The Bertz CT molecular complexity index is 414. The molecule has 0 N–H and O–H groups in total. The summed E-state index contributed by atoms with van der Waals surface area (Å²) in [5.41, 5.74) is 0.808. The summed E-state index contributed by atoms with van der Waals surface area (Å²) in [6.07, 6.45) is 3.97. The van der Waals surface area contributed by atoms with E-state index < -0.39 is 14.0 Å². The summed E-state index contributed by atoms with van der Waals surface area (Å²) in [5.74, 6) is 0.262. The van der Waals surface area contributed by atoms with Crippen molar-refractivity contribution >= 4 is 25.8 Å². The van der Waals surface area contributed by atoms with Gasteiger partial charge in [-0.15, -0.1) is 0 Å². The topological polar surface area (TPSA) is 34.1 Å². The van der Waals surface area contributed by atoms with E-state index >= 15 is 0 Å². The first kappa shape index (κ1) is 14.7. The maximum atomic E-state index is 12.0. The third kappa shape index (κ3) is 4.80. The molecule has 0 aliphatic carbocycles. The Morgan fingerprint density at radius 2 is 1.76 bits per heavy atom. The third-order valence-electron chi connectivity index (χ3n) is 2.66. The molecule has 1 aromatic carbocycles. The largest absolute Gasteiger partial charge is 0.227 e. The highest BCUT2D eigenvalue weighted by Crippen LogP contribution is 2.29. The van der Waals surface area contributed by atoms with Crippen molar-refractivity contribution in [3.63, 3.8) is 0 Å². The number of halogens is 1. The fourth-order valence-corrected chi connectivity index (χ4v) is 3.90. The van der Waals surface area contributed by atoms with E-state index in [-0.39, 0.29) is 5.75 Å². The van der Waals surface area contributed by atoms with Gasteiger partial charge in [-0.2, -0.15) is 0 Å². The van der Waals surface area contributed by atoms with Gasteiger partial charge in [0.05, 0.1) is 5.75 Å². The zero-order chi connectivity index (χ0) is 12.7. The van der Waals surface area contributed by atoms with Crippen LogP contribution >= 0.6 is 15.9 Å². The van der Waals surface area contributed by atoms with Crippen molar-refractivity contribution in [3.8, 4) is 0 Å². The van der Waals surface area contributed by atoms with Crippen molar-refractivity contribution < 1.29 is 8.42 Å². The number of hydrogen-bond acceptors (Lipinski definition) is 2. The van der Waals surface area contributed by atoms with Gasteiger partial charge < -0.3 is 0 Å². The highest BCUT2D eigenvalue weighted by atomic mass is 79.9. The maximum absolute atomic E-state index is 12.0. The fraction of sp³-hybridized carbons (Fsp3) is 0.538. The van der Waals surface area contributed by atoms with E-state index in [2.05, 4.69) is 22.9 Å². The molecule has 0 aromatic heterocycles. The molecule has 0 spiro atoms. The van der Waals surface area contributed by atoms with E-state index in [1.165, 1.54) is 0 Å². The van der Waals surface area contributed by atoms with Crippen molar-refractivity contribution in [1.29, 1.82) is 0 Å². The number of alkyl halides is 1. The molecular formula is C13H19BrO2S. The summed E-state index contributed by atoms with van der Waals surface area (Å²) >= 11 is 3.29. The molecule has 0 saturated heterocycles. The van der Waals surface area contributed by atoms with Gasteiger partial charge in [0.25, 0.3) is 0 Å². The predicted octanol–water partition coefficient (Wildman–Crippen LogP) is 4.08. The Hall–Kier alpha value is -0.350. The van der Waals surface area contributed by atoms with E-state index in [0.29, 0.717) is 0 Å².